The molecule has 74 valence electrons. The number of hydrogen-bond acceptors (Lipinski definition) is 1. The molecule has 0 saturated carbocycles. The lowest BCUT2D eigenvalue weighted by Gasteiger charge is -2.11. The van der Waals surface area contributed by atoms with Crippen molar-refractivity contribution in [3.8, 4) is 0 Å². The summed E-state index contributed by atoms with van der Waals surface area (Å²) in [7, 11) is 0. The summed E-state index contributed by atoms with van der Waals surface area (Å²) < 4.78 is 2.00. The summed E-state index contributed by atoms with van der Waals surface area (Å²) in [6.07, 6.45) is 2.03. The normalized spacial score (nSPS) is 13.2. The predicted molar refractivity (Wildman–Crippen MR) is 59.6 cm³/mol. The summed E-state index contributed by atoms with van der Waals surface area (Å²) in [6, 6.07) is 2.08. The van der Waals surface area contributed by atoms with E-state index in [2.05, 4.69) is 34.0 Å². The van der Waals surface area contributed by atoms with Crippen LogP contribution in [0.2, 0.25) is 0 Å². The summed E-state index contributed by atoms with van der Waals surface area (Å²) in [5.41, 5.74) is 2.25. The summed E-state index contributed by atoms with van der Waals surface area (Å²) in [5.74, 6) is 0.710. The van der Waals surface area contributed by atoms with Gasteiger partial charge in [-0.25, -0.2) is 0 Å². The lowest BCUT2D eigenvalue weighted by molar-refractivity contribution is 0.551. The quantitative estimate of drug-likeness (QED) is 0.763. The molecule has 0 fully saturated rings. The second kappa shape index (κ2) is 5.01. The Morgan fingerprint density at radius 2 is 2.31 bits per heavy atom. The van der Waals surface area contributed by atoms with Gasteiger partial charge in [-0.05, 0) is 32.8 Å². The fourth-order valence-electron chi connectivity index (χ4n) is 1.30. The van der Waals surface area contributed by atoms with E-state index in [9.17, 15) is 0 Å². The first-order valence-electron chi connectivity index (χ1n) is 4.38. The van der Waals surface area contributed by atoms with Gasteiger partial charge in [0, 0.05) is 11.6 Å². The lowest BCUT2D eigenvalue weighted by atomic mass is 10.3. The maximum atomic E-state index is 5.63. The van der Waals surface area contributed by atoms with E-state index in [0.29, 0.717) is 5.88 Å². The molecular weight excluding hydrogens is 251 g/mol. The highest BCUT2D eigenvalue weighted by Gasteiger charge is 2.09. The third-order valence-electron chi connectivity index (χ3n) is 1.89. The number of hydrogen-bond donors (Lipinski definition) is 0. The van der Waals surface area contributed by atoms with E-state index in [0.717, 1.165) is 18.5 Å². The average molecular weight is 266 g/mol. The maximum absolute atomic E-state index is 5.63. The van der Waals surface area contributed by atoms with Crippen LogP contribution in [-0.4, -0.2) is 15.7 Å². The molecule has 1 atom stereocenters. The van der Waals surface area contributed by atoms with Crippen LogP contribution in [0.1, 0.15) is 29.2 Å². The molecule has 1 heterocycles. The van der Waals surface area contributed by atoms with Gasteiger partial charge in [-0.15, -0.1) is 11.6 Å². The standard InChI is InChI=1S/C9H14BrClN2/c1-7-6-8(2)13(12-7)9(10)4-3-5-11/h6,9H,3-5H2,1-2H3. The Kier molecular flexibility index (Phi) is 4.26. The molecule has 0 radical (unpaired) electrons. The minimum Gasteiger partial charge on any atom is -0.256 e. The van der Waals surface area contributed by atoms with Crippen LogP contribution in [0.5, 0.6) is 0 Å². The first kappa shape index (κ1) is 11.1. The van der Waals surface area contributed by atoms with Crippen LogP contribution in [0, 0.1) is 13.8 Å². The Hall–Kier alpha value is -0.0200. The van der Waals surface area contributed by atoms with Crippen molar-refractivity contribution in [1.29, 1.82) is 0 Å². The highest BCUT2D eigenvalue weighted by atomic mass is 79.9. The highest BCUT2D eigenvalue weighted by molar-refractivity contribution is 9.09. The van der Waals surface area contributed by atoms with Crippen molar-refractivity contribution < 1.29 is 0 Å². The Bertz CT molecular complexity index is 273. The van der Waals surface area contributed by atoms with Crippen molar-refractivity contribution >= 4 is 27.5 Å². The van der Waals surface area contributed by atoms with Gasteiger partial charge in [0.25, 0.3) is 0 Å². The van der Waals surface area contributed by atoms with Gasteiger partial charge in [0.15, 0.2) is 0 Å². The minimum absolute atomic E-state index is 0.278. The molecule has 1 aromatic heterocycles. The van der Waals surface area contributed by atoms with Gasteiger partial charge >= 0.3 is 0 Å². The predicted octanol–water partition coefficient (Wildman–Crippen LogP) is 3.41. The molecule has 0 aliphatic rings. The van der Waals surface area contributed by atoms with Crippen molar-refractivity contribution in [2.75, 3.05) is 5.88 Å². The SMILES string of the molecule is Cc1cc(C)n(C(Br)CCCCl)n1. The van der Waals surface area contributed by atoms with Gasteiger partial charge < -0.3 is 0 Å². The Morgan fingerprint density at radius 1 is 1.62 bits per heavy atom. The molecule has 13 heavy (non-hydrogen) atoms. The van der Waals surface area contributed by atoms with E-state index < -0.39 is 0 Å². The fraction of sp³-hybridized carbons (Fsp3) is 0.667. The van der Waals surface area contributed by atoms with Crippen LogP contribution in [0.4, 0.5) is 0 Å². The molecule has 0 saturated heterocycles. The van der Waals surface area contributed by atoms with Gasteiger partial charge in [0.1, 0.15) is 4.95 Å². The zero-order valence-corrected chi connectivity index (χ0v) is 10.3. The molecule has 2 nitrogen and oxygen atoms in total. The Balaban J connectivity index is 2.64. The third kappa shape index (κ3) is 2.99. The molecule has 0 N–H and O–H groups in total. The van der Waals surface area contributed by atoms with Crippen LogP contribution in [0.3, 0.4) is 0 Å². The topological polar surface area (TPSA) is 17.8 Å². The van der Waals surface area contributed by atoms with Crippen LogP contribution in [0.15, 0.2) is 6.07 Å². The molecule has 0 aliphatic carbocycles. The molecular formula is C9H14BrClN2. The lowest BCUT2D eigenvalue weighted by Crippen LogP contribution is -2.06. The second-order valence-corrected chi connectivity index (χ2v) is 4.57. The smallest absolute Gasteiger partial charge is 0.107 e. The number of nitrogens with zero attached hydrogens (tertiary/aromatic N) is 2. The Labute approximate surface area is 92.4 Å². The molecule has 1 aromatic rings. The molecule has 0 aromatic carbocycles. The van der Waals surface area contributed by atoms with Crippen LogP contribution in [-0.2, 0) is 0 Å². The fourth-order valence-corrected chi connectivity index (χ4v) is 2.19. The van der Waals surface area contributed by atoms with Crippen molar-refractivity contribution in [2.24, 2.45) is 0 Å². The van der Waals surface area contributed by atoms with E-state index >= 15 is 0 Å². The molecule has 1 rings (SSSR count). The van der Waals surface area contributed by atoms with Gasteiger partial charge in [-0.3, -0.25) is 4.68 Å². The van der Waals surface area contributed by atoms with Gasteiger partial charge in [-0.2, -0.15) is 5.10 Å². The Morgan fingerprint density at radius 3 is 2.77 bits per heavy atom. The highest BCUT2D eigenvalue weighted by Crippen LogP contribution is 2.22. The number of rotatable bonds is 4. The van der Waals surface area contributed by atoms with Crippen LogP contribution < -0.4 is 0 Å². The maximum Gasteiger partial charge on any atom is 0.107 e. The summed E-state index contributed by atoms with van der Waals surface area (Å²) in [6.45, 7) is 4.07. The van der Waals surface area contributed by atoms with E-state index in [4.69, 9.17) is 11.6 Å². The van der Waals surface area contributed by atoms with E-state index in [1.54, 1.807) is 0 Å². The molecule has 1 unspecified atom stereocenters. The van der Waals surface area contributed by atoms with E-state index in [-0.39, 0.29) is 4.95 Å². The van der Waals surface area contributed by atoms with Gasteiger partial charge in [0.05, 0.1) is 5.69 Å². The summed E-state index contributed by atoms with van der Waals surface area (Å²) >= 11 is 9.22. The molecule has 4 heteroatoms. The van der Waals surface area contributed by atoms with Crippen molar-refractivity contribution in [2.45, 2.75) is 31.6 Å². The van der Waals surface area contributed by atoms with E-state index in [1.165, 1.54) is 5.69 Å². The largest absolute Gasteiger partial charge is 0.256 e. The minimum atomic E-state index is 0.278. The third-order valence-corrected chi connectivity index (χ3v) is 3.00. The molecule has 0 bridgehead atoms. The van der Waals surface area contributed by atoms with E-state index in [1.807, 2.05) is 11.6 Å². The summed E-state index contributed by atoms with van der Waals surface area (Å²) in [4.78, 5) is 0.278. The second-order valence-electron chi connectivity index (χ2n) is 3.14. The first-order valence-corrected chi connectivity index (χ1v) is 5.83. The molecule has 0 spiro atoms. The van der Waals surface area contributed by atoms with Gasteiger partial charge in [0.2, 0.25) is 0 Å². The monoisotopic (exact) mass is 264 g/mol. The summed E-state index contributed by atoms with van der Waals surface area (Å²) in [5, 5.41) is 4.39. The van der Waals surface area contributed by atoms with Gasteiger partial charge in [-0.1, -0.05) is 15.9 Å². The van der Waals surface area contributed by atoms with Crippen LogP contribution >= 0.6 is 27.5 Å². The van der Waals surface area contributed by atoms with Crippen molar-refractivity contribution in [3.05, 3.63) is 17.5 Å². The first-order chi connectivity index (χ1) is 6.15. The average Bonchev–Trinajstić information content (AvgIpc) is 2.41. The number of aromatic nitrogens is 2. The molecule has 0 aliphatic heterocycles. The number of alkyl halides is 2. The molecule has 0 amide bonds. The van der Waals surface area contributed by atoms with Crippen molar-refractivity contribution in [3.63, 3.8) is 0 Å². The zero-order chi connectivity index (χ0) is 9.84. The zero-order valence-electron chi connectivity index (χ0n) is 7.93. The van der Waals surface area contributed by atoms with Crippen molar-refractivity contribution in [1.82, 2.24) is 9.78 Å². The number of halogens is 2. The number of aryl methyl sites for hydroxylation is 2. The van der Waals surface area contributed by atoms with Crippen LogP contribution in [0.25, 0.3) is 0 Å².